The van der Waals surface area contributed by atoms with Crippen LogP contribution >= 0.6 is 45.7 Å². The number of aryl methyl sites for hydroxylation is 3. The van der Waals surface area contributed by atoms with Crippen LogP contribution in [0.5, 0.6) is 0 Å². The fourth-order valence-electron chi connectivity index (χ4n) is 7.71. The second-order valence-electron chi connectivity index (χ2n) is 15.5. The van der Waals surface area contributed by atoms with Crippen molar-refractivity contribution in [2.24, 2.45) is 0 Å². The number of fused-ring (bicyclic) bond motifs is 1. The second kappa shape index (κ2) is 19.1. The molecule has 0 spiro atoms. The van der Waals surface area contributed by atoms with E-state index in [4.69, 9.17) is 24.9 Å². The van der Waals surface area contributed by atoms with Crippen LogP contribution in [-0.4, -0.2) is 57.6 Å². The van der Waals surface area contributed by atoms with Crippen molar-refractivity contribution in [3.05, 3.63) is 173 Å². The van der Waals surface area contributed by atoms with Crippen molar-refractivity contribution in [2.45, 2.75) is 46.8 Å². The van der Waals surface area contributed by atoms with Crippen molar-refractivity contribution in [1.82, 2.24) is 51.1 Å². The van der Waals surface area contributed by atoms with Gasteiger partial charge in [0.25, 0.3) is 0 Å². The lowest BCUT2D eigenvalue weighted by atomic mass is 10.0. The standard InChI is InChI=1S/C49H41F2I2N11/c1-29-8-4-5-10-34(29)26-64(53)28-45-60-46(32-14-16-39-43(25-32)56-22-21-55-39)49(62-45)41-17-15-35(31(3)58-41)42-24-33(18-20-54-42)47-48(40-13-6-9-30(2)57-40)61-44(59-47)27-63(52)23-19-36-37(50)11-7-12-38(36)51/h4-18,20-22,24-25H,19,23,26-28H2,1-3H3,(H,59,61)(H,60,62). The molecule has 0 aliphatic carbocycles. The van der Waals surface area contributed by atoms with Gasteiger partial charge in [0.1, 0.15) is 34.7 Å². The van der Waals surface area contributed by atoms with Gasteiger partial charge in [-0.25, -0.2) is 25.0 Å². The lowest BCUT2D eigenvalue weighted by Gasteiger charge is -2.14. The molecule has 0 bridgehead atoms. The highest BCUT2D eigenvalue weighted by Gasteiger charge is 2.22. The molecule has 0 aliphatic heterocycles. The molecule has 9 rings (SSSR count). The highest BCUT2D eigenvalue weighted by molar-refractivity contribution is 14.1. The van der Waals surface area contributed by atoms with E-state index in [9.17, 15) is 8.78 Å². The summed E-state index contributed by atoms with van der Waals surface area (Å²) in [6.45, 7) is 8.24. The number of nitrogens with one attached hydrogen (secondary N) is 2. The zero-order valence-corrected chi connectivity index (χ0v) is 39.4. The number of aromatic amines is 2. The van der Waals surface area contributed by atoms with Crippen LogP contribution in [0.15, 0.2) is 122 Å². The lowest BCUT2D eigenvalue weighted by molar-refractivity contribution is 0.477. The molecule has 0 atom stereocenters. The number of pyridine rings is 3. The van der Waals surface area contributed by atoms with E-state index in [-0.39, 0.29) is 12.0 Å². The molecule has 0 saturated heterocycles. The van der Waals surface area contributed by atoms with Crippen LogP contribution in [0.4, 0.5) is 8.78 Å². The van der Waals surface area contributed by atoms with E-state index >= 15 is 0 Å². The molecule has 0 fully saturated rings. The number of hydrogen-bond donors (Lipinski definition) is 2. The summed E-state index contributed by atoms with van der Waals surface area (Å²) in [5.41, 5.74) is 13.7. The predicted octanol–water partition coefficient (Wildman–Crippen LogP) is 11.5. The summed E-state index contributed by atoms with van der Waals surface area (Å²) >= 11 is 4.54. The Bertz CT molecular complexity index is 3110. The van der Waals surface area contributed by atoms with Crippen LogP contribution in [0.2, 0.25) is 0 Å². The first-order valence-electron chi connectivity index (χ1n) is 20.6. The average molecular weight is 1080 g/mol. The molecule has 6 aromatic heterocycles. The summed E-state index contributed by atoms with van der Waals surface area (Å²) in [5.74, 6) is 0.408. The van der Waals surface area contributed by atoms with E-state index in [2.05, 4.69) is 100.0 Å². The van der Waals surface area contributed by atoms with E-state index in [1.165, 1.54) is 29.3 Å². The number of halogens is 4. The SMILES string of the molecule is Cc1cccc(-c2nc(CN(I)CCc3c(F)cccc3F)[nH]c2-c2ccnc(-c3ccc(-c4nc(CN(I)Cc5ccccc5C)[nH]c4-c4ccc5nccnc5c4)nc3C)c2)n1. The molecule has 0 saturated carbocycles. The number of imidazole rings is 2. The summed E-state index contributed by atoms with van der Waals surface area (Å²) in [5, 5.41) is 0. The lowest BCUT2D eigenvalue weighted by Crippen LogP contribution is -2.16. The van der Waals surface area contributed by atoms with Crippen molar-refractivity contribution in [1.29, 1.82) is 0 Å². The maximum atomic E-state index is 14.4. The van der Waals surface area contributed by atoms with E-state index in [1.54, 1.807) is 18.6 Å². The molecule has 2 N–H and O–H groups in total. The Balaban J connectivity index is 1.03. The first-order chi connectivity index (χ1) is 31.1. The first-order valence-corrected chi connectivity index (χ1v) is 22.6. The Labute approximate surface area is 396 Å². The van der Waals surface area contributed by atoms with Gasteiger partial charge in [-0.15, -0.1) is 0 Å². The van der Waals surface area contributed by atoms with Crippen molar-refractivity contribution in [2.75, 3.05) is 6.54 Å². The Morgan fingerprint density at radius 2 is 1.23 bits per heavy atom. The van der Waals surface area contributed by atoms with Crippen LogP contribution in [0.3, 0.4) is 0 Å². The van der Waals surface area contributed by atoms with Crippen LogP contribution in [0, 0.1) is 32.4 Å². The largest absolute Gasteiger partial charge is 0.340 e. The molecule has 320 valence electrons. The molecule has 0 amide bonds. The van der Waals surface area contributed by atoms with Gasteiger partial charge in [0, 0.05) is 111 Å². The van der Waals surface area contributed by atoms with Crippen LogP contribution < -0.4 is 0 Å². The first kappa shape index (κ1) is 43.4. The zero-order valence-electron chi connectivity index (χ0n) is 35.1. The van der Waals surface area contributed by atoms with Gasteiger partial charge >= 0.3 is 0 Å². The Kier molecular flexibility index (Phi) is 12.9. The molecule has 6 heterocycles. The fourth-order valence-corrected chi connectivity index (χ4v) is 8.97. The summed E-state index contributed by atoms with van der Waals surface area (Å²) < 4.78 is 33.0. The third kappa shape index (κ3) is 9.62. The normalized spacial score (nSPS) is 11.6. The molecule has 64 heavy (non-hydrogen) atoms. The molecule has 0 aliphatic rings. The Morgan fingerprint density at radius 3 is 1.95 bits per heavy atom. The number of benzene rings is 3. The van der Waals surface area contributed by atoms with E-state index < -0.39 is 11.6 Å². The molecule has 0 unspecified atom stereocenters. The minimum absolute atomic E-state index is 0.0722. The van der Waals surface area contributed by atoms with Gasteiger partial charge in [-0.3, -0.25) is 24.9 Å². The van der Waals surface area contributed by atoms with Gasteiger partial charge in [0.15, 0.2) is 0 Å². The molecular formula is C49H41F2I2N11. The number of aromatic nitrogens is 9. The summed E-state index contributed by atoms with van der Waals surface area (Å²) in [4.78, 5) is 41.2. The van der Waals surface area contributed by atoms with E-state index in [0.29, 0.717) is 31.2 Å². The minimum atomic E-state index is -0.545. The van der Waals surface area contributed by atoms with Crippen molar-refractivity contribution >= 4 is 56.8 Å². The summed E-state index contributed by atoms with van der Waals surface area (Å²) in [7, 11) is 0. The fraction of sp³-hybridized carbons (Fsp3) is 0.163. The second-order valence-corrected chi connectivity index (χ2v) is 18.2. The highest BCUT2D eigenvalue weighted by Crippen LogP contribution is 2.35. The number of hydrogen-bond acceptors (Lipinski definition) is 9. The third-order valence-corrected chi connectivity index (χ3v) is 12.5. The number of rotatable bonds is 14. The van der Waals surface area contributed by atoms with Gasteiger partial charge in [-0.05, 0) is 99.0 Å². The quantitative estimate of drug-likeness (QED) is 0.0808. The topological polar surface area (TPSA) is 128 Å². The molecule has 9 aromatic rings. The summed E-state index contributed by atoms with van der Waals surface area (Å²) in [6, 6.07) is 32.3. The van der Waals surface area contributed by atoms with Crippen molar-refractivity contribution < 1.29 is 8.78 Å². The summed E-state index contributed by atoms with van der Waals surface area (Å²) in [6.07, 6.45) is 5.39. The van der Waals surface area contributed by atoms with Gasteiger partial charge < -0.3 is 9.97 Å². The maximum absolute atomic E-state index is 14.4. The van der Waals surface area contributed by atoms with Crippen molar-refractivity contribution in [3.63, 3.8) is 0 Å². The third-order valence-electron chi connectivity index (χ3n) is 11.0. The smallest absolute Gasteiger partial charge is 0.129 e. The van der Waals surface area contributed by atoms with E-state index in [0.717, 1.165) is 85.6 Å². The molecular weight excluding hydrogens is 1030 g/mol. The van der Waals surface area contributed by atoms with Crippen molar-refractivity contribution in [3.8, 4) is 56.5 Å². The zero-order chi connectivity index (χ0) is 44.3. The molecule has 3 aromatic carbocycles. The number of H-pyrrole nitrogens is 2. The minimum Gasteiger partial charge on any atom is -0.340 e. The van der Waals surface area contributed by atoms with Gasteiger partial charge in [-0.2, -0.15) is 0 Å². The Hall–Kier alpha value is -5.89. The van der Waals surface area contributed by atoms with Gasteiger partial charge in [0.2, 0.25) is 0 Å². The van der Waals surface area contributed by atoms with Crippen LogP contribution in [0.25, 0.3) is 67.6 Å². The molecule has 11 nitrogen and oxygen atoms in total. The van der Waals surface area contributed by atoms with Crippen LogP contribution in [0.1, 0.15) is 39.7 Å². The number of nitrogens with zero attached hydrogens (tertiary/aromatic N) is 9. The average Bonchev–Trinajstić information content (AvgIpc) is 3.91. The van der Waals surface area contributed by atoms with Gasteiger partial charge in [0.05, 0.1) is 52.6 Å². The molecule has 0 radical (unpaired) electrons. The Morgan fingerprint density at radius 1 is 0.562 bits per heavy atom. The highest BCUT2D eigenvalue weighted by atomic mass is 127. The molecule has 15 heteroatoms. The van der Waals surface area contributed by atoms with E-state index in [1.807, 2.05) is 77.6 Å². The van der Waals surface area contributed by atoms with Crippen LogP contribution in [-0.2, 0) is 26.1 Å². The van der Waals surface area contributed by atoms with Gasteiger partial charge in [-0.1, -0.05) is 42.5 Å². The monoisotopic (exact) mass is 1080 g/mol. The maximum Gasteiger partial charge on any atom is 0.129 e. The predicted molar refractivity (Wildman–Crippen MR) is 263 cm³/mol.